The van der Waals surface area contributed by atoms with Crippen molar-refractivity contribution >= 4 is 23.6 Å². The van der Waals surface area contributed by atoms with Crippen molar-refractivity contribution in [3.63, 3.8) is 0 Å². The van der Waals surface area contributed by atoms with Crippen LogP contribution < -0.4 is 15.7 Å². The first-order valence-electron chi connectivity index (χ1n) is 6.38. The summed E-state index contributed by atoms with van der Waals surface area (Å²) in [6.45, 7) is 3.98. The molecule has 2 amide bonds. The van der Waals surface area contributed by atoms with Crippen LogP contribution in [0.15, 0.2) is 24.3 Å². The minimum atomic E-state index is -1.29. The van der Waals surface area contributed by atoms with Gasteiger partial charge in [-0.25, -0.2) is 4.79 Å². The Morgan fingerprint density at radius 2 is 1.95 bits per heavy atom. The SMILES string of the molecule is CC(C)C[C@H](NC(=O)NCc1ccccc1Cl)C(=O)[O-]. The van der Waals surface area contributed by atoms with E-state index in [0.29, 0.717) is 11.4 Å². The van der Waals surface area contributed by atoms with Crippen LogP contribution in [0.3, 0.4) is 0 Å². The number of hydrogen-bond acceptors (Lipinski definition) is 3. The van der Waals surface area contributed by atoms with Gasteiger partial charge in [-0.3, -0.25) is 0 Å². The van der Waals surface area contributed by atoms with Gasteiger partial charge in [-0.15, -0.1) is 0 Å². The van der Waals surface area contributed by atoms with E-state index in [2.05, 4.69) is 10.6 Å². The Bertz CT molecular complexity index is 477. The minimum Gasteiger partial charge on any atom is -0.548 e. The summed E-state index contributed by atoms with van der Waals surface area (Å²) in [5, 5.41) is 16.4. The van der Waals surface area contributed by atoms with E-state index >= 15 is 0 Å². The highest BCUT2D eigenvalue weighted by Gasteiger charge is 2.14. The Morgan fingerprint density at radius 1 is 1.30 bits per heavy atom. The number of carbonyl (C=O) groups is 2. The van der Waals surface area contributed by atoms with Crippen molar-refractivity contribution in [2.45, 2.75) is 32.9 Å². The van der Waals surface area contributed by atoms with E-state index in [9.17, 15) is 14.7 Å². The predicted molar refractivity (Wildman–Crippen MR) is 75.1 cm³/mol. The third kappa shape index (κ3) is 5.48. The van der Waals surface area contributed by atoms with Crippen LogP contribution >= 0.6 is 11.6 Å². The number of rotatable bonds is 6. The van der Waals surface area contributed by atoms with Gasteiger partial charge in [0.25, 0.3) is 0 Å². The Balaban J connectivity index is 2.50. The van der Waals surface area contributed by atoms with Gasteiger partial charge in [-0.1, -0.05) is 43.6 Å². The lowest BCUT2D eigenvalue weighted by molar-refractivity contribution is -0.308. The second-order valence-corrected chi connectivity index (χ2v) is 5.33. The number of carbonyl (C=O) groups excluding carboxylic acids is 2. The fourth-order valence-corrected chi connectivity index (χ4v) is 1.91. The summed E-state index contributed by atoms with van der Waals surface area (Å²) in [5.74, 6) is -1.15. The molecular weight excluding hydrogens is 280 g/mol. The summed E-state index contributed by atoms with van der Waals surface area (Å²) in [7, 11) is 0. The lowest BCUT2D eigenvalue weighted by Gasteiger charge is -2.21. The van der Waals surface area contributed by atoms with Gasteiger partial charge >= 0.3 is 6.03 Å². The molecule has 0 fully saturated rings. The van der Waals surface area contributed by atoms with Gasteiger partial charge in [0.05, 0.1) is 12.0 Å². The van der Waals surface area contributed by atoms with E-state index in [-0.39, 0.29) is 12.5 Å². The molecule has 0 saturated heterocycles. The molecule has 0 heterocycles. The Hall–Kier alpha value is -1.75. The zero-order valence-corrected chi connectivity index (χ0v) is 12.2. The molecule has 0 radical (unpaired) electrons. The molecule has 0 aliphatic carbocycles. The van der Waals surface area contributed by atoms with E-state index in [1.54, 1.807) is 18.2 Å². The molecule has 5 nitrogen and oxygen atoms in total. The average Bonchev–Trinajstić information content (AvgIpc) is 2.36. The van der Waals surface area contributed by atoms with Crippen LogP contribution in [0.1, 0.15) is 25.8 Å². The summed E-state index contributed by atoms with van der Waals surface area (Å²) in [6.07, 6.45) is 0.321. The quantitative estimate of drug-likeness (QED) is 0.830. The zero-order valence-electron chi connectivity index (χ0n) is 11.5. The van der Waals surface area contributed by atoms with Crippen molar-refractivity contribution in [3.8, 4) is 0 Å². The number of halogens is 1. The molecule has 0 spiro atoms. The fourth-order valence-electron chi connectivity index (χ4n) is 1.71. The summed E-state index contributed by atoms with van der Waals surface area (Å²) < 4.78 is 0. The minimum absolute atomic E-state index is 0.141. The number of urea groups is 1. The molecular formula is C14H18ClN2O3-. The van der Waals surface area contributed by atoms with E-state index in [4.69, 9.17) is 11.6 Å². The summed E-state index contributed by atoms with van der Waals surface area (Å²) in [5.41, 5.74) is 0.762. The molecule has 0 bridgehead atoms. The van der Waals surface area contributed by atoms with Crippen LogP contribution in [-0.4, -0.2) is 18.0 Å². The molecule has 1 rings (SSSR count). The molecule has 0 saturated carbocycles. The molecule has 2 N–H and O–H groups in total. The van der Waals surface area contributed by atoms with Crippen LogP contribution in [-0.2, 0) is 11.3 Å². The monoisotopic (exact) mass is 297 g/mol. The molecule has 1 aromatic rings. The molecule has 20 heavy (non-hydrogen) atoms. The van der Waals surface area contributed by atoms with Crippen molar-refractivity contribution in [3.05, 3.63) is 34.9 Å². The highest BCUT2D eigenvalue weighted by Crippen LogP contribution is 2.14. The molecule has 0 unspecified atom stereocenters. The summed E-state index contributed by atoms with van der Waals surface area (Å²) in [4.78, 5) is 22.6. The number of nitrogens with one attached hydrogen (secondary N) is 2. The Morgan fingerprint density at radius 3 is 2.50 bits per heavy atom. The van der Waals surface area contributed by atoms with Crippen molar-refractivity contribution < 1.29 is 14.7 Å². The van der Waals surface area contributed by atoms with Crippen molar-refractivity contribution in [2.24, 2.45) is 5.92 Å². The van der Waals surface area contributed by atoms with Crippen molar-refractivity contribution in [1.29, 1.82) is 0 Å². The molecule has 0 aromatic heterocycles. The first kappa shape index (κ1) is 16.3. The standard InChI is InChI=1S/C14H19ClN2O3/c1-9(2)7-12(13(18)19)17-14(20)16-8-10-5-3-4-6-11(10)15/h3-6,9,12H,7-8H2,1-2H3,(H,18,19)(H2,16,17,20)/p-1/t12-/m0/s1. The molecule has 1 aromatic carbocycles. The Kier molecular flexibility index (Phi) is 6.31. The number of benzene rings is 1. The van der Waals surface area contributed by atoms with Gasteiger partial charge in [0, 0.05) is 11.6 Å². The third-order valence-corrected chi connectivity index (χ3v) is 3.06. The van der Waals surface area contributed by atoms with E-state index in [1.165, 1.54) is 0 Å². The average molecular weight is 298 g/mol. The van der Waals surface area contributed by atoms with E-state index in [1.807, 2.05) is 19.9 Å². The van der Waals surface area contributed by atoms with Gasteiger partial charge in [0.15, 0.2) is 0 Å². The van der Waals surface area contributed by atoms with Crippen LogP contribution in [0.4, 0.5) is 4.79 Å². The summed E-state index contributed by atoms with van der Waals surface area (Å²) in [6, 6.07) is 5.55. The second kappa shape index (κ2) is 7.75. The van der Waals surface area contributed by atoms with E-state index in [0.717, 1.165) is 5.56 Å². The van der Waals surface area contributed by atoms with Crippen molar-refractivity contribution in [2.75, 3.05) is 0 Å². The smallest absolute Gasteiger partial charge is 0.315 e. The number of amides is 2. The molecule has 1 atom stereocenters. The second-order valence-electron chi connectivity index (χ2n) is 4.92. The first-order valence-corrected chi connectivity index (χ1v) is 6.76. The van der Waals surface area contributed by atoms with Crippen LogP contribution in [0, 0.1) is 5.92 Å². The third-order valence-electron chi connectivity index (χ3n) is 2.69. The van der Waals surface area contributed by atoms with Gasteiger partial charge in [-0.05, 0) is 24.0 Å². The maximum Gasteiger partial charge on any atom is 0.315 e. The number of hydrogen-bond donors (Lipinski definition) is 2. The number of carboxylic acid groups (broad SMARTS) is 1. The van der Waals surface area contributed by atoms with Crippen LogP contribution in [0.5, 0.6) is 0 Å². The number of aliphatic carboxylic acids is 1. The highest BCUT2D eigenvalue weighted by molar-refractivity contribution is 6.31. The maximum absolute atomic E-state index is 11.7. The molecule has 0 aliphatic rings. The first-order chi connectivity index (χ1) is 9.40. The maximum atomic E-state index is 11.7. The lowest BCUT2D eigenvalue weighted by atomic mass is 10.0. The van der Waals surface area contributed by atoms with Crippen LogP contribution in [0.2, 0.25) is 5.02 Å². The van der Waals surface area contributed by atoms with Gasteiger partial charge < -0.3 is 20.5 Å². The summed E-state index contributed by atoms with van der Waals surface area (Å²) >= 11 is 5.96. The van der Waals surface area contributed by atoms with Gasteiger partial charge in [0.2, 0.25) is 0 Å². The highest BCUT2D eigenvalue weighted by atomic mass is 35.5. The molecule has 0 aliphatic heterocycles. The largest absolute Gasteiger partial charge is 0.548 e. The molecule has 110 valence electrons. The van der Waals surface area contributed by atoms with Gasteiger partial charge in [0.1, 0.15) is 0 Å². The molecule has 6 heteroatoms. The topological polar surface area (TPSA) is 81.3 Å². The zero-order chi connectivity index (χ0) is 15.1. The lowest BCUT2D eigenvalue weighted by Crippen LogP contribution is -2.51. The van der Waals surface area contributed by atoms with Crippen molar-refractivity contribution in [1.82, 2.24) is 10.6 Å². The van der Waals surface area contributed by atoms with Gasteiger partial charge in [-0.2, -0.15) is 0 Å². The predicted octanol–water partition coefficient (Wildman–Crippen LogP) is 1.30. The van der Waals surface area contributed by atoms with Crippen LogP contribution in [0.25, 0.3) is 0 Å². The Labute approximate surface area is 123 Å². The number of carboxylic acids is 1. The fraction of sp³-hybridized carbons (Fsp3) is 0.429. The van der Waals surface area contributed by atoms with E-state index < -0.39 is 18.0 Å². The normalized spacial score (nSPS) is 12.0.